The average molecular weight is 287 g/mol. The topological polar surface area (TPSA) is 75.4 Å². The third kappa shape index (κ3) is 2.73. The van der Waals surface area contributed by atoms with E-state index in [1.54, 1.807) is 6.07 Å². The van der Waals surface area contributed by atoms with Gasteiger partial charge in [-0.15, -0.1) is 0 Å². The molecule has 2 fully saturated rings. The third-order valence-electron chi connectivity index (χ3n) is 4.59. The van der Waals surface area contributed by atoms with E-state index in [4.69, 9.17) is 5.73 Å². The molecule has 5 heteroatoms. The SMILES string of the molecule is Cc1cc(N)ccc1C(=O)N1CCC2NC(=O)CCC2C1. The Hall–Kier alpha value is -2.04. The van der Waals surface area contributed by atoms with Gasteiger partial charge in [-0.1, -0.05) is 0 Å². The first-order chi connectivity index (χ1) is 10.0. The van der Waals surface area contributed by atoms with Gasteiger partial charge in [0.15, 0.2) is 0 Å². The smallest absolute Gasteiger partial charge is 0.254 e. The minimum atomic E-state index is 0.0721. The fraction of sp³-hybridized carbons (Fsp3) is 0.500. The summed E-state index contributed by atoms with van der Waals surface area (Å²) in [6, 6.07) is 5.65. The highest BCUT2D eigenvalue weighted by Gasteiger charge is 2.35. The van der Waals surface area contributed by atoms with Crippen LogP contribution in [-0.4, -0.2) is 35.8 Å². The summed E-state index contributed by atoms with van der Waals surface area (Å²) < 4.78 is 0. The van der Waals surface area contributed by atoms with Crippen molar-refractivity contribution in [2.45, 2.75) is 32.2 Å². The van der Waals surface area contributed by atoms with E-state index >= 15 is 0 Å². The summed E-state index contributed by atoms with van der Waals surface area (Å²) in [4.78, 5) is 26.0. The van der Waals surface area contributed by atoms with E-state index in [9.17, 15) is 9.59 Å². The monoisotopic (exact) mass is 287 g/mol. The van der Waals surface area contributed by atoms with E-state index in [1.807, 2.05) is 24.0 Å². The second kappa shape index (κ2) is 5.39. The Morgan fingerprint density at radius 3 is 2.95 bits per heavy atom. The van der Waals surface area contributed by atoms with Gasteiger partial charge in [-0.25, -0.2) is 0 Å². The van der Waals surface area contributed by atoms with E-state index in [0.29, 0.717) is 24.6 Å². The molecule has 2 amide bonds. The van der Waals surface area contributed by atoms with Crippen LogP contribution in [0, 0.1) is 12.8 Å². The molecular formula is C16H21N3O2. The summed E-state index contributed by atoms with van der Waals surface area (Å²) in [6.45, 7) is 3.34. The molecule has 1 aromatic carbocycles. The lowest BCUT2D eigenvalue weighted by molar-refractivity contribution is -0.125. The molecule has 1 aromatic rings. The number of rotatable bonds is 1. The Labute approximate surface area is 124 Å². The van der Waals surface area contributed by atoms with E-state index in [-0.39, 0.29) is 17.9 Å². The molecule has 2 atom stereocenters. The molecule has 2 heterocycles. The van der Waals surface area contributed by atoms with Crippen LogP contribution in [0.2, 0.25) is 0 Å². The van der Waals surface area contributed by atoms with Crippen LogP contribution in [-0.2, 0) is 4.79 Å². The molecule has 3 N–H and O–H groups in total. The van der Waals surface area contributed by atoms with Crippen molar-refractivity contribution in [1.82, 2.24) is 10.2 Å². The maximum atomic E-state index is 12.7. The molecule has 2 aliphatic rings. The van der Waals surface area contributed by atoms with Gasteiger partial charge in [-0.3, -0.25) is 9.59 Å². The zero-order valence-corrected chi connectivity index (χ0v) is 12.3. The van der Waals surface area contributed by atoms with Crippen molar-refractivity contribution in [3.8, 4) is 0 Å². The molecule has 0 aliphatic carbocycles. The summed E-state index contributed by atoms with van der Waals surface area (Å²) in [5.41, 5.74) is 8.06. The van der Waals surface area contributed by atoms with Crippen molar-refractivity contribution < 1.29 is 9.59 Å². The van der Waals surface area contributed by atoms with Gasteiger partial charge >= 0.3 is 0 Å². The number of nitrogens with zero attached hydrogens (tertiary/aromatic N) is 1. The number of nitrogens with one attached hydrogen (secondary N) is 1. The molecule has 112 valence electrons. The minimum Gasteiger partial charge on any atom is -0.399 e. The Morgan fingerprint density at radius 1 is 1.38 bits per heavy atom. The van der Waals surface area contributed by atoms with Gasteiger partial charge in [-0.2, -0.15) is 0 Å². The summed E-state index contributed by atoms with van der Waals surface area (Å²) in [6.07, 6.45) is 2.29. The number of fused-ring (bicyclic) bond motifs is 1. The van der Waals surface area contributed by atoms with Crippen molar-refractivity contribution in [1.29, 1.82) is 0 Å². The van der Waals surface area contributed by atoms with Gasteiger partial charge in [-0.05, 0) is 49.4 Å². The predicted octanol–water partition coefficient (Wildman–Crippen LogP) is 1.32. The molecule has 2 unspecified atom stereocenters. The zero-order chi connectivity index (χ0) is 15.0. The van der Waals surface area contributed by atoms with Crippen LogP contribution in [0.4, 0.5) is 5.69 Å². The van der Waals surface area contributed by atoms with E-state index in [0.717, 1.165) is 30.5 Å². The lowest BCUT2D eigenvalue weighted by atomic mass is 9.85. The molecule has 0 spiro atoms. The summed E-state index contributed by atoms with van der Waals surface area (Å²) in [5, 5.41) is 3.04. The maximum Gasteiger partial charge on any atom is 0.254 e. The number of carbonyl (C=O) groups is 2. The highest BCUT2D eigenvalue weighted by molar-refractivity contribution is 5.96. The first-order valence-electron chi connectivity index (χ1n) is 7.49. The number of nitrogen functional groups attached to an aromatic ring is 1. The van der Waals surface area contributed by atoms with Crippen LogP contribution in [0.3, 0.4) is 0 Å². The molecule has 2 aliphatic heterocycles. The number of likely N-dealkylation sites (tertiary alicyclic amines) is 1. The summed E-state index contributed by atoms with van der Waals surface area (Å²) in [7, 11) is 0. The number of anilines is 1. The minimum absolute atomic E-state index is 0.0721. The van der Waals surface area contributed by atoms with Gasteiger partial charge in [0, 0.05) is 36.8 Å². The Morgan fingerprint density at radius 2 is 2.19 bits per heavy atom. The number of amides is 2. The number of nitrogens with two attached hydrogens (primary N) is 1. The first-order valence-corrected chi connectivity index (χ1v) is 7.49. The Kier molecular flexibility index (Phi) is 3.57. The standard InChI is InChI=1S/C16H21N3O2/c1-10-8-12(17)3-4-13(10)16(21)19-7-6-14-11(9-19)2-5-15(20)18-14/h3-4,8,11,14H,2,5-7,9,17H2,1H3,(H,18,20). The molecule has 5 nitrogen and oxygen atoms in total. The van der Waals surface area contributed by atoms with Crippen molar-refractivity contribution in [2.24, 2.45) is 5.92 Å². The van der Waals surface area contributed by atoms with Crippen LogP contribution in [0.25, 0.3) is 0 Å². The third-order valence-corrected chi connectivity index (χ3v) is 4.59. The second-order valence-electron chi connectivity index (χ2n) is 6.09. The Bertz CT molecular complexity index is 585. The van der Waals surface area contributed by atoms with Gasteiger partial charge in [0.1, 0.15) is 0 Å². The molecular weight excluding hydrogens is 266 g/mol. The lowest BCUT2D eigenvalue weighted by Crippen LogP contribution is -2.55. The molecule has 0 bridgehead atoms. The van der Waals surface area contributed by atoms with Crippen molar-refractivity contribution >= 4 is 17.5 Å². The van der Waals surface area contributed by atoms with E-state index in [1.165, 1.54) is 0 Å². The number of benzene rings is 1. The number of hydrogen-bond acceptors (Lipinski definition) is 3. The maximum absolute atomic E-state index is 12.7. The van der Waals surface area contributed by atoms with Gasteiger partial charge in [0.2, 0.25) is 5.91 Å². The number of hydrogen-bond donors (Lipinski definition) is 2. The molecule has 0 aromatic heterocycles. The van der Waals surface area contributed by atoms with Crippen LogP contribution < -0.4 is 11.1 Å². The molecule has 0 radical (unpaired) electrons. The van der Waals surface area contributed by atoms with E-state index < -0.39 is 0 Å². The highest BCUT2D eigenvalue weighted by atomic mass is 16.2. The van der Waals surface area contributed by atoms with Crippen LogP contribution in [0.15, 0.2) is 18.2 Å². The van der Waals surface area contributed by atoms with Crippen molar-refractivity contribution in [3.63, 3.8) is 0 Å². The average Bonchev–Trinajstić information content (AvgIpc) is 2.46. The van der Waals surface area contributed by atoms with Crippen LogP contribution >= 0.6 is 0 Å². The normalized spacial score (nSPS) is 25.2. The van der Waals surface area contributed by atoms with Crippen LogP contribution in [0.1, 0.15) is 35.2 Å². The number of piperidine rings is 2. The van der Waals surface area contributed by atoms with Gasteiger partial charge < -0.3 is 16.0 Å². The molecule has 0 saturated carbocycles. The van der Waals surface area contributed by atoms with Gasteiger partial charge in [0.05, 0.1) is 0 Å². The largest absolute Gasteiger partial charge is 0.399 e. The fourth-order valence-electron chi connectivity index (χ4n) is 3.39. The summed E-state index contributed by atoms with van der Waals surface area (Å²) in [5.74, 6) is 0.600. The second-order valence-corrected chi connectivity index (χ2v) is 6.09. The quantitative estimate of drug-likeness (QED) is 0.765. The Balaban J connectivity index is 1.73. The summed E-state index contributed by atoms with van der Waals surface area (Å²) >= 11 is 0. The van der Waals surface area contributed by atoms with Crippen molar-refractivity contribution in [2.75, 3.05) is 18.8 Å². The van der Waals surface area contributed by atoms with E-state index in [2.05, 4.69) is 5.32 Å². The van der Waals surface area contributed by atoms with Gasteiger partial charge in [0.25, 0.3) is 5.91 Å². The highest BCUT2D eigenvalue weighted by Crippen LogP contribution is 2.27. The molecule has 21 heavy (non-hydrogen) atoms. The zero-order valence-electron chi connectivity index (χ0n) is 12.3. The number of carbonyl (C=O) groups excluding carboxylic acids is 2. The predicted molar refractivity (Wildman–Crippen MR) is 80.8 cm³/mol. The lowest BCUT2D eigenvalue weighted by Gasteiger charge is -2.41. The molecule has 3 rings (SSSR count). The van der Waals surface area contributed by atoms with Crippen molar-refractivity contribution in [3.05, 3.63) is 29.3 Å². The number of aryl methyl sites for hydroxylation is 1. The first kappa shape index (κ1) is 13.9. The molecule has 2 saturated heterocycles. The fourth-order valence-corrected chi connectivity index (χ4v) is 3.39. The van der Waals surface area contributed by atoms with Crippen LogP contribution in [0.5, 0.6) is 0 Å².